The molecule has 1 aliphatic heterocycles. The fraction of sp³-hybridized carbons (Fsp3) is 0.778. The van der Waals surface area contributed by atoms with Gasteiger partial charge in [-0.15, -0.1) is 0 Å². The molecule has 0 radical (unpaired) electrons. The van der Waals surface area contributed by atoms with Crippen LogP contribution in [0.5, 0.6) is 0 Å². The van der Waals surface area contributed by atoms with Gasteiger partial charge in [0.05, 0.1) is 0 Å². The first-order valence-electron chi connectivity index (χ1n) is 4.50. The fourth-order valence-electron chi connectivity index (χ4n) is 1.28. The van der Waals surface area contributed by atoms with Crippen LogP contribution in [-0.2, 0) is 0 Å². The van der Waals surface area contributed by atoms with Crippen molar-refractivity contribution in [2.45, 2.75) is 26.3 Å². The van der Waals surface area contributed by atoms with E-state index in [-0.39, 0.29) is 0 Å². The molecule has 0 bridgehead atoms. The Morgan fingerprint density at radius 3 is 3.08 bits per heavy atom. The van der Waals surface area contributed by atoms with Crippen molar-refractivity contribution in [1.29, 1.82) is 0 Å². The molecule has 0 saturated carbocycles. The van der Waals surface area contributed by atoms with Gasteiger partial charge in [0.2, 0.25) is 0 Å². The molecule has 1 heterocycles. The van der Waals surface area contributed by atoms with E-state index in [0.717, 1.165) is 13.1 Å². The van der Waals surface area contributed by atoms with Crippen LogP contribution in [0.1, 0.15) is 20.3 Å². The highest BCUT2D eigenvalue weighted by Gasteiger charge is 2.11. The average Bonchev–Trinajstić information content (AvgIpc) is 2.04. The Bertz CT molecular complexity index is 168. The molecule has 0 aromatic heterocycles. The molecule has 12 heavy (non-hydrogen) atoms. The zero-order chi connectivity index (χ0) is 8.97. The molecule has 0 aromatic carbocycles. The monoisotopic (exact) mass is 186 g/mol. The van der Waals surface area contributed by atoms with Crippen molar-refractivity contribution in [3.05, 3.63) is 11.0 Å². The maximum Gasteiger partial charge on any atom is 0.0198 e. The summed E-state index contributed by atoms with van der Waals surface area (Å²) in [5.41, 5.74) is 1.55. The van der Waals surface area contributed by atoms with Crippen LogP contribution in [0.4, 0.5) is 0 Å². The molecule has 0 spiro atoms. The van der Waals surface area contributed by atoms with Crippen LogP contribution >= 0.6 is 11.9 Å². The summed E-state index contributed by atoms with van der Waals surface area (Å²) in [6.45, 7) is 6.67. The van der Waals surface area contributed by atoms with Gasteiger partial charge in [0.15, 0.2) is 0 Å². The van der Waals surface area contributed by atoms with Crippen molar-refractivity contribution in [2.75, 3.05) is 20.1 Å². The highest BCUT2D eigenvalue weighted by atomic mass is 32.2. The molecule has 2 nitrogen and oxygen atoms in total. The van der Waals surface area contributed by atoms with E-state index in [0.29, 0.717) is 6.04 Å². The predicted molar refractivity (Wildman–Crippen MR) is 56.1 cm³/mol. The van der Waals surface area contributed by atoms with Gasteiger partial charge in [0.1, 0.15) is 0 Å². The number of hydrogen-bond donors (Lipinski definition) is 1. The van der Waals surface area contributed by atoms with E-state index < -0.39 is 0 Å². The largest absolute Gasteiger partial charge is 0.303 e. The Morgan fingerprint density at radius 2 is 2.50 bits per heavy atom. The zero-order valence-electron chi connectivity index (χ0n) is 8.13. The standard InChI is InChI=1S/C9H18N2S/c1-4-11(3)6-9-5-8(2)10-12-7-9/h7-8,10H,4-6H2,1-3H3. The van der Waals surface area contributed by atoms with E-state index in [2.05, 4.69) is 35.9 Å². The van der Waals surface area contributed by atoms with Crippen molar-refractivity contribution in [1.82, 2.24) is 9.62 Å². The number of likely N-dealkylation sites (N-methyl/N-ethyl adjacent to an activating group) is 1. The average molecular weight is 186 g/mol. The second-order valence-electron chi connectivity index (χ2n) is 3.45. The van der Waals surface area contributed by atoms with Gasteiger partial charge < -0.3 is 4.90 Å². The van der Waals surface area contributed by atoms with E-state index >= 15 is 0 Å². The van der Waals surface area contributed by atoms with Gasteiger partial charge in [-0.05, 0) is 37.9 Å². The highest BCUT2D eigenvalue weighted by Crippen LogP contribution is 2.18. The van der Waals surface area contributed by atoms with Gasteiger partial charge in [0.25, 0.3) is 0 Å². The summed E-state index contributed by atoms with van der Waals surface area (Å²) in [6, 6.07) is 0.625. The van der Waals surface area contributed by atoms with E-state index in [1.807, 2.05) is 0 Å². The molecule has 1 rings (SSSR count). The second kappa shape index (κ2) is 4.90. The number of hydrogen-bond acceptors (Lipinski definition) is 3. The number of nitrogens with one attached hydrogen (secondary N) is 1. The Labute approximate surface area is 79.5 Å². The molecule has 0 fully saturated rings. The van der Waals surface area contributed by atoms with Crippen LogP contribution in [0.2, 0.25) is 0 Å². The van der Waals surface area contributed by atoms with Crippen LogP contribution in [0.3, 0.4) is 0 Å². The molecule has 70 valence electrons. The molecule has 3 heteroatoms. The van der Waals surface area contributed by atoms with Crippen molar-refractivity contribution < 1.29 is 0 Å². The van der Waals surface area contributed by atoms with Crippen LogP contribution in [0.25, 0.3) is 0 Å². The minimum absolute atomic E-state index is 0.625. The lowest BCUT2D eigenvalue weighted by molar-refractivity contribution is 0.376. The molecule has 1 N–H and O–H groups in total. The van der Waals surface area contributed by atoms with Crippen molar-refractivity contribution in [2.24, 2.45) is 0 Å². The molecule has 0 amide bonds. The Kier molecular flexibility index (Phi) is 4.12. The van der Waals surface area contributed by atoms with E-state index in [1.165, 1.54) is 6.42 Å². The topological polar surface area (TPSA) is 15.3 Å². The molecule has 0 aromatic rings. The first-order chi connectivity index (χ1) is 5.72. The quantitative estimate of drug-likeness (QED) is 0.677. The van der Waals surface area contributed by atoms with Crippen LogP contribution in [0, 0.1) is 0 Å². The minimum atomic E-state index is 0.625. The first kappa shape index (κ1) is 10.1. The molecular weight excluding hydrogens is 168 g/mol. The summed E-state index contributed by atoms with van der Waals surface area (Å²) in [4.78, 5) is 2.34. The van der Waals surface area contributed by atoms with Crippen molar-refractivity contribution in [3.63, 3.8) is 0 Å². The summed E-state index contributed by atoms with van der Waals surface area (Å²) < 4.78 is 3.32. The minimum Gasteiger partial charge on any atom is -0.303 e. The SMILES string of the molecule is CCN(C)CC1=CSNC(C)C1. The van der Waals surface area contributed by atoms with E-state index in [9.17, 15) is 0 Å². The van der Waals surface area contributed by atoms with Crippen molar-refractivity contribution in [3.8, 4) is 0 Å². The normalized spacial score (nSPS) is 24.3. The third-order valence-corrected chi connectivity index (χ3v) is 3.07. The molecule has 0 saturated heterocycles. The predicted octanol–water partition coefficient (Wildman–Crippen LogP) is 1.85. The van der Waals surface area contributed by atoms with Crippen molar-refractivity contribution >= 4 is 11.9 Å². The number of rotatable bonds is 3. The van der Waals surface area contributed by atoms with Gasteiger partial charge in [-0.2, -0.15) is 0 Å². The molecule has 1 aliphatic rings. The molecule has 1 atom stereocenters. The maximum atomic E-state index is 3.32. The lowest BCUT2D eigenvalue weighted by Crippen LogP contribution is -2.27. The highest BCUT2D eigenvalue weighted by molar-refractivity contribution is 8.00. The smallest absolute Gasteiger partial charge is 0.0198 e. The van der Waals surface area contributed by atoms with Gasteiger partial charge in [-0.1, -0.05) is 18.9 Å². The Balaban J connectivity index is 2.36. The molecular formula is C9H18N2S. The summed E-state index contributed by atoms with van der Waals surface area (Å²) in [5.74, 6) is 0. The maximum absolute atomic E-state index is 3.32. The van der Waals surface area contributed by atoms with Gasteiger partial charge >= 0.3 is 0 Å². The van der Waals surface area contributed by atoms with Gasteiger partial charge in [-0.3, -0.25) is 4.72 Å². The van der Waals surface area contributed by atoms with Crippen LogP contribution in [0.15, 0.2) is 11.0 Å². The van der Waals surface area contributed by atoms with E-state index in [1.54, 1.807) is 17.5 Å². The van der Waals surface area contributed by atoms with Crippen LogP contribution in [-0.4, -0.2) is 31.1 Å². The third-order valence-electron chi connectivity index (χ3n) is 2.08. The fourth-order valence-corrected chi connectivity index (χ4v) is 2.00. The van der Waals surface area contributed by atoms with Gasteiger partial charge in [-0.25, -0.2) is 0 Å². The summed E-state index contributed by atoms with van der Waals surface area (Å²) >= 11 is 1.72. The Morgan fingerprint density at radius 1 is 1.75 bits per heavy atom. The van der Waals surface area contributed by atoms with E-state index in [4.69, 9.17) is 0 Å². The zero-order valence-corrected chi connectivity index (χ0v) is 8.95. The second-order valence-corrected chi connectivity index (χ2v) is 4.15. The summed E-state index contributed by atoms with van der Waals surface area (Å²) in [6.07, 6.45) is 1.19. The number of nitrogens with zero attached hydrogens (tertiary/aromatic N) is 1. The van der Waals surface area contributed by atoms with Crippen LogP contribution < -0.4 is 4.72 Å². The lowest BCUT2D eigenvalue weighted by Gasteiger charge is -2.23. The lowest BCUT2D eigenvalue weighted by atomic mass is 10.1. The summed E-state index contributed by atoms with van der Waals surface area (Å²) in [7, 11) is 2.16. The molecule has 1 unspecified atom stereocenters. The molecule has 0 aliphatic carbocycles. The Hall–Kier alpha value is 0.01000. The third kappa shape index (κ3) is 3.17. The summed E-state index contributed by atoms with van der Waals surface area (Å²) in [5, 5.41) is 2.24. The first-order valence-corrected chi connectivity index (χ1v) is 5.38. The van der Waals surface area contributed by atoms with Gasteiger partial charge in [0, 0.05) is 12.6 Å².